The Morgan fingerprint density at radius 3 is 2.06 bits per heavy atom. The second kappa shape index (κ2) is 10.3. The maximum absolute atomic E-state index is 5.94. The van der Waals surface area contributed by atoms with Crippen LogP contribution in [-0.4, -0.2) is 32.5 Å². The summed E-state index contributed by atoms with van der Waals surface area (Å²) >= 11 is 0. The molecule has 0 aromatic heterocycles. The van der Waals surface area contributed by atoms with Crippen LogP contribution in [0.3, 0.4) is 0 Å². The second-order valence-corrected chi connectivity index (χ2v) is 8.48. The lowest BCUT2D eigenvalue weighted by atomic mass is 10.00. The Labute approximate surface area is 110 Å². The van der Waals surface area contributed by atoms with Crippen LogP contribution in [-0.2, 0) is 13.0 Å². The molecule has 0 aromatic rings. The van der Waals surface area contributed by atoms with Gasteiger partial charge in [-0.1, -0.05) is 46.0 Å². The topological polar surface area (TPSA) is 27.7 Å². The average molecular weight is 276 g/mol. The minimum atomic E-state index is -1.40. The molecule has 0 unspecified atom stereocenters. The van der Waals surface area contributed by atoms with Crippen molar-refractivity contribution < 1.29 is 13.0 Å². The molecule has 0 N–H and O–H groups in total. The van der Waals surface area contributed by atoms with Gasteiger partial charge in [0, 0.05) is 13.2 Å². The maximum Gasteiger partial charge on any atom is 0.566 e. The van der Waals surface area contributed by atoms with Crippen molar-refractivity contribution in [2.24, 2.45) is 0 Å². The second-order valence-electron chi connectivity index (χ2n) is 4.76. The maximum atomic E-state index is 5.94. The summed E-state index contributed by atoms with van der Waals surface area (Å²) in [6.45, 7) is 5.96. The van der Waals surface area contributed by atoms with E-state index in [1.807, 2.05) is 0 Å². The molecule has 1 saturated carbocycles. The molecule has 1 fully saturated rings. The van der Waals surface area contributed by atoms with E-state index >= 15 is 0 Å². The Kier molecular flexibility index (Phi) is 9.27. The first-order valence-electron chi connectivity index (χ1n) is 7.12. The summed E-state index contributed by atoms with van der Waals surface area (Å²) < 4.78 is 17.4. The molecule has 0 amide bonds. The fraction of sp³-hybridized carbons (Fsp3) is 1.00. The van der Waals surface area contributed by atoms with Crippen molar-refractivity contribution in [1.29, 1.82) is 0 Å². The van der Waals surface area contributed by atoms with E-state index in [-0.39, 0.29) is 0 Å². The Hall–Kier alpha value is 0.314. The van der Waals surface area contributed by atoms with E-state index < -0.39 is 19.3 Å². The predicted octanol–water partition coefficient (Wildman–Crippen LogP) is 2.68. The standard InChI is InChI=1S/C12H27O3Si2/c1-3-5-10-13-17(14-11-6-4-2)15-16-12-8-7-9-12/h12H,3-11,16H2,1-2H3. The van der Waals surface area contributed by atoms with Crippen molar-refractivity contribution in [1.82, 2.24) is 0 Å². The monoisotopic (exact) mass is 275 g/mol. The molecule has 0 atom stereocenters. The first-order valence-corrected chi connectivity index (χ1v) is 9.74. The van der Waals surface area contributed by atoms with Crippen molar-refractivity contribution in [3.63, 3.8) is 0 Å². The van der Waals surface area contributed by atoms with E-state index in [1.54, 1.807) is 0 Å². The Morgan fingerprint density at radius 1 is 1.06 bits per heavy atom. The van der Waals surface area contributed by atoms with Crippen LogP contribution >= 0.6 is 0 Å². The van der Waals surface area contributed by atoms with Crippen LogP contribution in [0.15, 0.2) is 0 Å². The molecule has 0 aliphatic heterocycles. The highest BCUT2D eigenvalue weighted by atomic mass is 28.4. The van der Waals surface area contributed by atoms with Gasteiger partial charge < -0.3 is 13.0 Å². The molecule has 0 heterocycles. The Morgan fingerprint density at radius 2 is 1.65 bits per heavy atom. The zero-order valence-corrected chi connectivity index (χ0v) is 13.8. The summed E-state index contributed by atoms with van der Waals surface area (Å²) in [7, 11) is -1.80. The summed E-state index contributed by atoms with van der Waals surface area (Å²) in [5, 5.41) is 0. The van der Waals surface area contributed by atoms with Crippen molar-refractivity contribution in [3.8, 4) is 0 Å². The largest absolute Gasteiger partial charge is 0.566 e. The molecule has 1 rings (SSSR count). The minimum Gasteiger partial charge on any atom is -0.419 e. The van der Waals surface area contributed by atoms with Gasteiger partial charge in [0.25, 0.3) is 0 Å². The molecule has 101 valence electrons. The molecular formula is C12H27O3Si2. The van der Waals surface area contributed by atoms with Gasteiger partial charge in [-0.25, -0.2) is 0 Å². The van der Waals surface area contributed by atoms with E-state index in [2.05, 4.69) is 13.8 Å². The lowest BCUT2D eigenvalue weighted by Gasteiger charge is -2.25. The van der Waals surface area contributed by atoms with E-state index in [0.29, 0.717) is 0 Å². The van der Waals surface area contributed by atoms with Gasteiger partial charge in [-0.05, 0) is 18.4 Å². The van der Waals surface area contributed by atoms with E-state index in [9.17, 15) is 0 Å². The summed E-state index contributed by atoms with van der Waals surface area (Å²) in [6, 6.07) is 0. The number of unbranched alkanes of at least 4 members (excludes halogenated alkanes) is 2. The first kappa shape index (κ1) is 15.4. The fourth-order valence-electron chi connectivity index (χ4n) is 1.57. The normalized spacial score (nSPS) is 17.1. The first-order chi connectivity index (χ1) is 8.36. The highest BCUT2D eigenvalue weighted by Gasteiger charge is 2.24. The van der Waals surface area contributed by atoms with E-state index in [4.69, 9.17) is 13.0 Å². The third kappa shape index (κ3) is 7.36. The SMILES string of the molecule is CCCCO[Si](OCCCC)O[SiH2]C1CCC1. The molecule has 0 aromatic carbocycles. The highest BCUT2D eigenvalue weighted by Crippen LogP contribution is 2.31. The predicted molar refractivity (Wildman–Crippen MR) is 74.7 cm³/mol. The quantitative estimate of drug-likeness (QED) is 0.429. The summed E-state index contributed by atoms with van der Waals surface area (Å²) in [6.07, 6.45) is 8.72. The van der Waals surface area contributed by atoms with Crippen molar-refractivity contribution in [3.05, 3.63) is 0 Å². The number of hydrogen-bond donors (Lipinski definition) is 0. The molecule has 0 bridgehead atoms. The third-order valence-electron chi connectivity index (χ3n) is 3.10. The fourth-order valence-corrected chi connectivity index (χ4v) is 5.34. The van der Waals surface area contributed by atoms with Gasteiger partial charge in [0.05, 0.1) is 0 Å². The van der Waals surface area contributed by atoms with Gasteiger partial charge in [-0.15, -0.1) is 0 Å². The number of rotatable bonds is 11. The summed E-state index contributed by atoms with van der Waals surface area (Å²) in [4.78, 5) is 0. The highest BCUT2D eigenvalue weighted by molar-refractivity contribution is 6.48. The van der Waals surface area contributed by atoms with Crippen LogP contribution in [0.25, 0.3) is 0 Å². The van der Waals surface area contributed by atoms with Crippen molar-refractivity contribution >= 4 is 19.3 Å². The minimum absolute atomic E-state index is 0.398. The van der Waals surface area contributed by atoms with Crippen LogP contribution < -0.4 is 0 Å². The zero-order valence-electron chi connectivity index (χ0n) is 11.4. The van der Waals surface area contributed by atoms with Crippen LogP contribution in [0, 0.1) is 0 Å². The Bertz CT molecular complexity index is 167. The molecule has 1 radical (unpaired) electrons. The van der Waals surface area contributed by atoms with Gasteiger partial charge in [0.2, 0.25) is 0 Å². The third-order valence-corrected chi connectivity index (χ3v) is 6.87. The molecule has 1 aliphatic rings. The van der Waals surface area contributed by atoms with E-state index in [1.165, 1.54) is 32.1 Å². The lowest BCUT2D eigenvalue weighted by molar-refractivity contribution is 0.137. The summed E-state index contributed by atoms with van der Waals surface area (Å²) in [5.74, 6) is 0. The lowest BCUT2D eigenvalue weighted by Crippen LogP contribution is -2.32. The zero-order chi connectivity index (χ0) is 12.3. The van der Waals surface area contributed by atoms with Gasteiger partial charge >= 0.3 is 9.53 Å². The molecule has 17 heavy (non-hydrogen) atoms. The number of hydrogen-bond acceptors (Lipinski definition) is 3. The van der Waals surface area contributed by atoms with Crippen LogP contribution in [0.1, 0.15) is 58.8 Å². The van der Waals surface area contributed by atoms with Gasteiger partial charge in [-0.2, -0.15) is 0 Å². The van der Waals surface area contributed by atoms with Crippen molar-refractivity contribution in [2.75, 3.05) is 13.2 Å². The van der Waals surface area contributed by atoms with Crippen LogP contribution in [0.5, 0.6) is 0 Å². The van der Waals surface area contributed by atoms with Crippen LogP contribution in [0.4, 0.5) is 0 Å². The molecule has 3 nitrogen and oxygen atoms in total. The van der Waals surface area contributed by atoms with Crippen molar-refractivity contribution in [2.45, 2.75) is 64.3 Å². The van der Waals surface area contributed by atoms with Gasteiger partial charge in [0.15, 0.2) is 9.76 Å². The van der Waals surface area contributed by atoms with Crippen LogP contribution in [0.2, 0.25) is 5.54 Å². The smallest absolute Gasteiger partial charge is 0.419 e. The van der Waals surface area contributed by atoms with E-state index in [0.717, 1.165) is 31.6 Å². The molecule has 0 saturated heterocycles. The van der Waals surface area contributed by atoms with Gasteiger partial charge in [-0.3, -0.25) is 0 Å². The Balaban J connectivity index is 2.09. The molecular weight excluding hydrogens is 248 g/mol. The van der Waals surface area contributed by atoms with Gasteiger partial charge in [0.1, 0.15) is 0 Å². The molecule has 0 spiro atoms. The summed E-state index contributed by atoms with van der Waals surface area (Å²) in [5.41, 5.74) is 0.902. The average Bonchev–Trinajstić information content (AvgIpc) is 2.27. The molecule has 1 aliphatic carbocycles. The molecule has 5 heteroatoms.